The third-order valence-corrected chi connectivity index (χ3v) is 3.42. The lowest BCUT2D eigenvalue weighted by molar-refractivity contribution is 0.102. The van der Waals surface area contributed by atoms with Gasteiger partial charge in [0, 0.05) is 17.8 Å². The average Bonchev–Trinajstić information content (AvgIpc) is 2.49. The maximum atomic E-state index is 12.1. The lowest BCUT2D eigenvalue weighted by atomic mass is 10.2. The Labute approximate surface area is 132 Å². The van der Waals surface area contributed by atoms with E-state index >= 15 is 0 Å². The zero-order chi connectivity index (χ0) is 15.2. The summed E-state index contributed by atoms with van der Waals surface area (Å²) in [6.45, 7) is 0.908. The number of rotatable bonds is 5. The van der Waals surface area contributed by atoms with Crippen LogP contribution in [0.1, 0.15) is 10.4 Å². The monoisotopic (exact) mass is 324 g/mol. The van der Waals surface area contributed by atoms with Gasteiger partial charge in [0.15, 0.2) is 0 Å². The topological polar surface area (TPSA) is 64.3 Å². The minimum Gasteiger partial charge on any atom is -0.492 e. The van der Waals surface area contributed by atoms with Gasteiger partial charge in [0.1, 0.15) is 12.4 Å². The van der Waals surface area contributed by atoms with Crippen LogP contribution in [-0.4, -0.2) is 19.1 Å². The van der Waals surface area contributed by atoms with Crippen molar-refractivity contribution in [3.05, 3.63) is 58.1 Å². The molecule has 0 fully saturated rings. The lowest BCUT2D eigenvalue weighted by Gasteiger charge is -2.08. The van der Waals surface area contributed by atoms with Gasteiger partial charge >= 0.3 is 0 Å². The zero-order valence-electron chi connectivity index (χ0n) is 11.1. The molecule has 2 aromatic rings. The molecule has 0 atom stereocenters. The number of halogens is 2. The Bertz CT molecular complexity index is 630. The number of nitrogens with one attached hydrogen (secondary N) is 1. The molecule has 0 aliphatic carbocycles. The Hall–Kier alpha value is -1.75. The number of carbonyl (C=O) groups excluding carboxylic acids is 1. The van der Waals surface area contributed by atoms with Gasteiger partial charge in [-0.1, -0.05) is 23.2 Å². The molecule has 0 bridgehead atoms. The number of ether oxygens (including phenoxy) is 1. The van der Waals surface area contributed by atoms with Crippen LogP contribution in [0.5, 0.6) is 5.75 Å². The van der Waals surface area contributed by atoms with Crippen molar-refractivity contribution in [2.45, 2.75) is 0 Å². The summed E-state index contributed by atoms with van der Waals surface area (Å²) in [5.74, 6) is 0.442. The van der Waals surface area contributed by atoms with E-state index in [4.69, 9.17) is 33.7 Å². The summed E-state index contributed by atoms with van der Waals surface area (Å²) in [4.78, 5) is 12.1. The van der Waals surface area contributed by atoms with Gasteiger partial charge in [0.25, 0.3) is 5.91 Å². The maximum Gasteiger partial charge on any atom is 0.255 e. The summed E-state index contributed by atoms with van der Waals surface area (Å²) < 4.78 is 5.36. The highest BCUT2D eigenvalue weighted by Gasteiger charge is 2.08. The standard InChI is InChI=1S/C15H14Cl2N2O2/c16-13-6-1-10(9-14(13)17)15(20)19-11-2-4-12(5-3-11)21-8-7-18/h1-6,9H,7-8,18H2,(H,19,20). The molecule has 2 aromatic carbocycles. The highest BCUT2D eigenvalue weighted by atomic mass is 35.5. The van der Waals surface area contributed by atoms with Gasteiger partial charge < -0.3 is 15.8 Å². The summed E-state index contributed by atoms with van der Waals surface area (Å²) in [6.07, 6.45) is 0. The molecular weight excluding hydrogens is 311 g/mol. The summed E-state index contributed by atoms with van der Waals surface area (Å²) in [5.41, 5.74) is 6.45. The van der Waals surface area contributed by atoms with Crippen LogP contribution in [0.15, 0.2) is 42.5 Å². The summed E-state index contributed by atoms with van der Waals surface area (Å²) in [7, 11) is 0. The van der Waals surface area contributed by atoms with Crippen molar-refractivity contribution in [3.8, 4) is 5.75 Å². The van der Waals surface area contributed by atoms with Crippen molar-refractivity contribution in [1.82, 2.24) is 0 Å². The second-order valence-corrected chi connectivity index (χ2v) is 5.06. The number of hydrogen-bond donors (Lipinski definition) is 2. The van der Waals surface area contributed by atoms with Gasteiger partial charge in [-0.15, -0.1) is 0 Å². The average molecular weight is 325 g/mol. The smallest absolute Gasteiger partial charge is 0.255 e. The molecule has 4 nitrogen and oxygen atoms in total. The van der Waals surface area contributed by atoms with E-state index < -0.39 is 0 Å². The van der Waals surface area contributed by atoms with E-state index in [9.17, 15) is 4.79 Å². The SMILES string of the molecule is NCCOc1ccc(NC(=O)c2ccc(Cl)c(Cl)c2)cc1. The number of benzene rings is 2. The van der Waals surface area contributed by atoms with Gasteiger partial charge in [-0.05, 0) is 42.5 Å². The zero-order valence-corrected chi connectivity index (χ0v) is 12.6. The predicted octanol–water partition coefficient (Wildman–Crippen LogP) is 3.58. The molecule has 0 saturated heterocycles. The lowest BCUT2D eigenvalue weighted by Crippen LogP contribution is -2.12. The first-order chi connectivity index (χ1) is 10.1. The predicted molar refractivity (Wildman–Crippen MR) is 85.4 cm³/mol. The third kappa shape index (κ3) is 4.36. The normalized spacial score (nSPS) is 10.2. The Morgan fingerprint density at radius 2 is 1.81 bits per heavy atom. The minimum atomic E-state index is -0.260. The molecule has 0 aliphatic rings. The van der Waals surface area contributed by atoms with Crippen molar-refractivity contribution < 1.29 is 9.53 Å². The highest BCUT2D eigenvalue weighted by Crippen LogP contribution is 2.23. The number of hydrogen-bond acceptors (Lipinski definition) is 3. The van der Waals surface area contributed by atoms with E-state index in [2.05, 4.69) is 5.32 Å². The van der Waals surface area contributed by atoms with E-state index in [0.717, 1.165) is 0 Å². The van der Waals surface area contributed by atoms with Crippen molar-refractivity contribution in [2.24, 2.45) is 5.73 Å². The fourth-order valence-corrected chi connectivity index (χ4v) is 1.95. The maximum absolute atomic E-state index is 12.1. The molecule has 21 heavy (non-hydrogen) atoms. The number of nitrogens with two attached hydrogens (primary N) is 1. The number of carbonyl (C=O) groups is 1. The van der Waals surface area contributed by atoms with E-state index in [1.807, 2.05) is 0 Å². The Morgan fingerprint density at radius 3 is 2.43 bits per heavy atom. The molecule has 0 aliphatic heterocycles. The van der Waals surface area contributed by atoms with Gasteiger partial charge in [0.2, 0.25) is 0 Å². The fraction of sp³-hybridized carbons (Fsp3) is 0.133. The minimum absolute atomic E-state index is 0.260. The van der Waals surface area contributed by atoms with Crippen molar-refractivity contribution >= 4 is 34.8 Å². The summed E-state index contributed by atoms with van der Waals surface area (Å²) in [5, 5.41) is 3.52. The first-order valence-electron chi connectivity index (χ1n) is 6.29. The molecule has 0 radical (unpaired) electrons. The number of anilines is 1. The van der Waals surface area contributed by atoms with E-state index in [0.29, 0.717) is 40.2 Å². The van der Waals surface area contributed by atoms with Crippen LogP contribution in [0, 0.1) is 0 Å². The second kappa shape index (κ2) is 7.31. The molecule has 2 rings (SSSR count). The Kier molecular flexibility index (Phi) is 5.44. The van der Waals surface area contributed by atoms with Crippen molar-refractivity contribution in [3.63, 3.8) is 0 Å². The van der Waals surface area contributed by atoms with E-state index in [-0.39, 0.29) is 5.91 Å². The van der Waals surface area contributed by atoms with Crippen LogP contribution >= 0.6 is 23.2 Å². The first kappa shape index (κ1) is 15.6. The molecule has 0 saturated carbocycles. The van der Waals surface area contributed by atoms with Gasteiger partial charge in [-0.3, -0.25) is 4.79 Å². The van der Waals surface area contributed by atoms with Crippen LogP contribution in [0.3, 0.4) is 0 Å². The molecule has 1 amide bonds. The molecule has 110 valence electrons. The van der Waals surface area contributed by atoms with Crippen LogP contribution in [0.2, 0.25) is 10.0 Å². The Morgan fingerprint density at radius 1 is 1.10 bits per heavy atom. The molecular formula is C15H14Cl2N2O2. The molecule has 0 aromatic heterocycles. The largest absolute Gasteiger partial charge is 0.492 e. The molecule has 0 unspecified atom stereocenters. The number of amides is 1. The van der Waals surface area contributed by atoms with Gasteiger partial charge in [-0.25, -0.2) is 0 Å². The Balaban J connectivity index is 2.03. The van der Waals surface area contributed by atoms with Gasteiger partial charge in [0.05, 0.1) is 10.0 Å². The van der Waals surface area contributed by atoms with Crippen molar-refractivity contribution in [1.29, 1.82) is 0 Å². The highest BCUT2D eigenvalue weighted by molar-refractivity contribution is 6.42. The fourth-order valence-electron chi connectivity index (χ4n) is 1.65. The van der Waals surface area contributed by atoms with Crippen molar-refractivity contribution in [2.75, 3.05) is 18.5 Å². The van der Waals surface area contributed by atoms with Crippen LogP contribution in [-0.2, 0) is 0 Å². The van der Waals surface area contributed by atoms with Crippen LogP contribution < -0.4 is 15.8 Å². The molecule has 3 N–H and O–H groups in total. The molecule has 0 spiro atoms. The van der Waals surface area contributed by atoms with Crippen LogP contribution in [0.25, 0.3) is 0 Å². The second-order valence-electron chi connectivity index (χ2n) is 4.24. The first-order valence-corrected chi connectivity index (χ1v) is 7.05. The summed E-state index contributed by atoms with van der Waals surface area (Å²) >= 11 is 11.7. The van der Waals surface area contributed by atoms with E-state index in [1.54, 1.807) is 36.4 Å². The van der Waals surface area contributed by atoms with E-state index in [1.165, 1.54) is 6.07 Å². The summed E-state index contributed by atoms with van der Waals surface area (Å²) in [6, 6.07) is 11.8. The molecule has 0 heterocycles. The molecule has 6 heteroatoms. The van der Waals surface area contributed by atoms with Crippen LogP contribution in [0.4, 0.5) is 5.69 Å². The quantitative estimate of drug-likeness (QED) is 0.883. The third-order valence-electron chi connectivity index (χ3n) is 2.68. The van der Waals surface area contributed by atoms with Gasteiger partial charge in [-0.2, -0.15) is 0 Å².